The van der Waals surface area contributed by atoms with Crippen molar-refractivity contribution < 1.29 is 33.2 Å². The average Bonchev–Trinajstić information content (AvgIpc) is 2.65. The first-order chi connectivity index (χ1) is 13.6. The third-order valence-corrected chi connectivity index (χ3v) is 5.61. The van der Waals surface area contributed by atoms with Crippen molar-refractivity contribution in [2.24, 2.45) is 0 Å². The zero-order valence-electron chi connectivity index (χ0n) is 15.0. The molecule has 2 aromatic rings. The van der Waals surface area contributed by atoms with Gasteiger partial charge >= 0.3 is 13.6 Å². The van der Waals surface area contributed by atoms with Gasteiger partial charge in [0.15, 0.2) is 6.61 Å². The van der Waals surface area contributed by atoms with Crippen molar-refractivity contribution in [2.45, 2.75) is 12.8 Å². The van der Waals surface area contributed by atoms with Crippen LogP contribution in [0.2, 0.25) is 10.0 Å². The van der Waals surface area contributed by atoms with Crippen LogP contribution in [0.4, 0.5) is 5.69 Å². The van der Waals surface area contributed by atoms with Crippen molar-refractivity contribution in [3.63, 3.8) is 0 Å². The molecule has 0 saturated carbocycles. The molecule has 0 aliphatic heterocycles. The van der Waals surface area contributed by atoms with Crippen LogP contribution in [-0.2, 0) is 18.6 Å². The van der Waals surface area contributed by atoms with Crippen molar-refractivity contribution >= 4 is 42.5 Å². The summed E-state index contributed by atoms with van der Waals surface area (Å²) in [5, 5.41) is 11.5. The highest BCUT2D eigenvalue weighted by Crippen LogP contribution is 2.57. The lowest BCUT2D eigenvalue weighted by molar-refractivity contribution is -0.385. The van der Waals surface area contributed by atoms with Crippen LogP contribution in [0, 0.1) is 10.1 Å². The molecule has 0 aromatic heterocycles. The maximum absolute atomic E-state index is 12.5. The molecule has 0 bridgehead atoms. The number of ether oxygens (including phenoxy) is 2. The fraction of sp³-hybridized carbons (Fsp3) is 0.235. The van der Waals surface area contributed by atoms with Crippen LogP contribution in [0.1, 0.15) is 18.3 Å². The van der Waals surface area contributed by atoms with E-state index in [1.54, 1.807) is 0 Å². The molecule has 0 aliphatic rings. The Balaban J connectivity index is 2.21. The Labute approximate surface area is 175 Å². The van der Waals surface area contributed by atoms with Crippen molar-refractivity contribution in [3.8, 4) is 5.75 Å². The monoisotopic (exact) mass is 463 g/mol. The second-order valence-corrected chi connectivity index (χ2v) is 8.24. The van der Waals surface area contributed by atoms with E-state index >= 15 is 0 Å². The Hall–Kier alpha value is -2.16. The molecule has 0 aliphatic carbocycles. The third-order valence-electron chi connectivity index (χ3n) is 3.46. The Kier molecular flexibility index (Phi) is 8.01. The predicted octanol–water partition coefficient (Wildman–Crippen LogP) is 4.74. The molecule has 0 amide bonds. The number of carbonyl (C=O) groups excluding carboxylic acids is 1. The molecule has 12 heteroatoms. The van der Waals surface area contributed by atoms with Gasteiger partial charge in [-0.15, -0.1) is 0 Å². The van der Waals surface area contributed by atoms with Gasteiger partial charge in [-0.25, -0.2) is 4.79 Å². The number of hydrogen-bond acceptors (Lipinski definition) is 7. The smallest absolute Gasteiger partial charge is 0.373 e. The number of hydrogen-bond donors (Lipinski definition) is 1. The van der Waals surface area contributed by atoms with Crippen molar-refractivity contribution in [1.29, 1.82) is 0 Å². The zero-order chi connectivity index (χ0) is 21.6. The number of non-ortho nitro benzene ring substituents is 1. The van der Waals surface area contributed by atoms with E-state index in [1.165, 1.54) is 43.3 Å². The summed E-state index contributed by atoms with van der Waals surface area (Å²) in [6.45, 7) is 0.688. The molecule has 156 valence electrons. The summed E-state index contributed by atoms with van der Waals surface area (Å²) >= 11 is 11.7. The Bertz CT molecular complexity index is 955. The summed E-state index contributed by atoms with van der Waals surface area (Å²) < 4.78 is 27.7. The number of nitro groups is 1. The first-order valence-electron chi connectivity index (χ1n) is 8.12. The zero-order valence-corrected chi connectivity index (χ0v) is 17.4. The number of halogens is 2. The van der Waals surface area contributed by atoms with E-state index in [1.807, 2.05) is 0 Å². The molecule has 2 rings (SSSR count). The van der Waals surface area contributed by atoms with Crippen LogP contribution >= 0.6 is 30.8 Å². The molecule has 0 spiro atoms. The van der Waals surface area contributed by atoms with E-state index in [0.29, 0.717) is 5.02 Å². The highest BCUT2D eigenvalue weighted by molar-refractivity contribution is 7.53. The average molecular weight is 464 g/mol. The number of esters is 1. The molecule has 0 saturated heterocycles. The normalized spacial score (nSPS) is 13.9. The SMILES string of the molecule is CCOP(=O)(O)C(OC(=O)COc1ccc(Cl)cc1Cl)c1cccc([N+](=O)[O-])c1. The van der Waals surface area contributed by atoms with E-state index in [-0.39, 0.29) is 28.6 Å². The van der Waals surface area contributed by atoms with Crippen molar-refractivity contribution in [3.05, 3.63) is 68.2 Å². The second-order valence-electron chi connectivity index (χ2n) is 5.54. The largest absolute Gasteiger partial charge is 0.480 e. The van der Waals surface area contributed by atoms with Gasteiger partial charge in [0.25, 0.3) is 5.69 Å². The van der Waals surface area contributed by atoms with Gasteiger partial charge in [0.1, 0.15) is 5.75 Å². The number of carbonyl (C=O) groups is 1. The van der Waals surface area contributed by atoms with E-state index in [9.17, 15) is 24.4 Å². The summed E-state index contributed by atoms with van der Waals surface area (Å²) in [6, 6.07) is 9.17. The lowest BCUT2D eigenvalue weighted by Crippen LogP contribution is -2.19. The first kappa shape index (κ1) is 23.1. The van der Waals surface area contributed by atoms with Crippen LogP contribution in [0.15, 0.2) is 42.5 Å². The van der Waals surface area contributed by atoms with Gasteiger partial charge in [0, 0.05) is 22.7 Å². The molecule has 9 nitrogen and oxygen atoms in total. The van der Waals surface area contributed by atoms with Crippen molar-refractivity contribution in [1.82, 2.24) is 0 Å². The molecule has 1 N–H and O–H groups in total. The number of benzene rings is 2. The Morgan fingerprint density at radius 2 is 2.00 bits per heavy atom. The first-order valence-corrected chi connectivity index (χ1v) is 10.5. The van der Waals surface area contributed by atoms with Crippen LogP contribution in [0.5, 0.6) is 5.75 Å². The molecular weight excluding hydrogens is 448 g/mol. The minimum absolute atomic E-state index is 0.0728. The minimum Gasteiger partial charge on any atom is -0.480 e. The maximum Gasteiger partial charge on any atom is 0.373 e. The highest BCUT2D eigenvalue weighted by Gasteiger charge is 2.38. The van der Waals surface area contributed by atoms with E-state index in [0.717, 1.165) is 6.07 Å². The predicted molar refractivity (Wildman–Crippen MR) is 105 cm³/mol. The van der Waals surface area contributed by atoms with Gasteiger partial charge in [-0.05, 0) is 25.1 Å². The maximum atomic E-state index is 12.5. The van der Waals surface area contributed by atoms with E-state index in [2.05, 4.69) is 0 Å². The van der Waals surface area contributed by atoms with Gasteiger partial charge < -0.3 is 18.9 Å². The van der Waals surface area contributed by atoms with Crippen LogP contribution < -0.4 is 4.74 Å². The van der Waals surface area contributed by atoms with Gasteiger partial charge in [-0.2, -0.15) is 0 Å². The van der Waals surface area contributed by atoms with Gasteiger partial charge in [-0.1, -0.05) is 35.3 Å². The quantitative estimate of drug-likeness (QED) is 0.244. The fourth-order valence-electron chi connectivity index (χ4n) is 2.26. The topological polar surface area (TPSA) is 125 Å². The summed E-state index contributed by atoms with van der Waals surface area (Å²) in [7, 11) is -4.50. The van der Waals surface area contributed by atoms with E-state index < -0.39 is 30.9 Å². The van der Waals surface area contributed by atoms with Gasteiger partial charge in [0.05, 0.1) is 16.6 Å². The van der Waals surface area contributed by atoms with Gasteiger partial charge in [-0.3, -0.25) is 14.7 Å². The number of nitro benzene ring substituents is 1. The lowest BCUT2D eigenvalue weighted by atomic mass is 10.2. The molecule has 0 radical (unpaired) electrons. The molecular formula is C17H16Cl2NO8P. The Morgan fingerprint density at radius 3 is 2.62 bits per heavy atom. The molecule has 2 aromatic carbocycles. The third kappa shape index (κ3) is 6.42. The summed E-state index contributed by atoms with van der Waals surface area (Å²) in [6.07, 6.45) is 0. The molecule has 0 heterocycles. The molecule has 2 atom stereocenters. The highest BCUT2D eigenvalue weighted by atomic mass is 35.5. The molecule has 29 heavy (non-hydrogen) atoms. The second kappa shape index (κ2) is 10.0. The van der Waals surface area contributed by atoms with Crippen molar-refractivity contribution in [2.75, 3.05) is 13.2 Å². The van der Waals surface area contributed by atoms with Crippen LogP contribution in [0.3, 0.4) is 0 Å². The standard InChI is InChI=1S/C17H16Cl2NO8P/c1-2-27-29(24,25)17(11-4-3-5-13(8-11)20(22)23)28-16(21)10-26-15-7-6-12(18)9-14(15)19/h3-9,17H,2,10H2,1H3,(H,24,25). The number of nitrogens with zero attached hydrogens (tertiary/aromatic N) is 1. The van der Waals surface area contributed by atoms with Gasteiger partial charge in [0.2, 0.25) is 5.85 Å². The summed E-state index contributed by atoms with van der Waals surface area (Å²) in [5.41, 5.74) is -0.416. The molecule has 0 fully saturated rings. The lowest BCUT2D eigenvalue weighted by Gasteiger charge is -2.22. The summed E-state index contributed by atoms with van der Waals surface area (Å²) in [4.78, 5) is 32.7. The van der Waals surface area contributed by atoms with Crippen LogP contribution in [-0.4, -0.2) is 29.0 Å². The fourth-order valence-corrected chi connectivity index (χ4v) is 4.01. The van der Waals surface area contributed by atoms with Crippen LogP contribution in [0.25, 0.3) is 0 Å². The van der Waals surface area contributed by atoms with E-state index in [4.69, 9.17) is 37.2 Å². The minimum atomic E-state index is -4.50. The molecule has 2 unspecified atom stereocenters. The number of rotatable bonds is 9. The summed E-state index contributed by atoms with van der Waals surface area (Å²) in [5.74, 6) is -2.64. The Morgan fingerprint density at radius 1 is 1.28 bits per heavy atom.